The van der Waals surface area contributed by atoms with Crippen molar-refractivity contribution < 1.29 is 0 Å². The van der Waals surface area contributed by atoms with E-state index in [0.29, 0.717) is 5.92 Å². The number of likely N-dealkylation sites (tertiary alicyclic amines) is 1. The van der Waals surface area contributed by atoms with E-state index in [0.717, 1.165) is 48.7 Å². The molecule has 27 heavy (non-hydrogen) atoms. The van der Waals surface area contributed by atoms with Crippen molar-refractivity contribution in [3.63, 3.8) is 0 Å². The molecular formula is C21H21N5S. The van der Waals surface area contributed by atoms with Gasteiger partial charge in [0.25, 0.3) is 0 Å². The van der Waals surface area contributed by atoms with Gasteiger partial charge in [0.2, 0.25) is 0 Å². The first kappa shape index (κ1) is 16.6. The number of hydrogen-bond acceptors (Lipinski definition) is 5. The first-order chi connectivity index (χ1) is 13.3. The predicted molar refractivity (Wildman–Crippen MR) is 108 cm³/mol. The fourth-order valence-corrected chi connectivity index (χ4v) is 4.57. The Labute approximate surface area is 162 Å². The van der Waals surface area contributed by atoms with Crippen molar-refractivity contribution in [3.8, 4) is 11.1 Å². The van der Waals surface area contributed by atoms with Crippen LogP contribution in [0.2, 0.25) is 0 Å². The third kappa shape index (κ3) is 3.50. The van der Waals surface area contributed by atoms with E-state index < -0.39 is 0 Å². The van der Waals surface area contributed by atoms with E-state index in [1.54, 1.807) is 0 Å². The van der Waals surface area contributed by atoms with E-state index in [2.05, 4.69) is 45.7 Å². The number of pyridine rings is 2. The molecule has 0 unspecified atom stereocenters. The van der Waals surface area contributed by atoms with Gasteiger partial charge >= 0.3 is 0 Å². The molecule has 0 saturated carbocycles. The molecule has 0 spiro atoms. The second-order valence-electron chi connectivity index (χ2n) is 7.08. The molecule has 0 N–H and O–H groups in total. The molecule has 136 valence electrons. The molecule has 1 saturated heterocycles. The number of hydrogen-bond donors (Lipinski definition) is 0. The number of nitrogens with zero attached hydrogens (tertiary/aromatic N) is 5. The van der Waals surface area contributed by atoms with E-state index in [4.69, 9.17) is 10.1 Å². The third-order valence-corrected chi connectivity index (χ3v) is 6.05. The van der Waals surface area contributed by atoms with Crippen LogP contribution in [0.25, 0.3) is 16.8 Å². The van der Waals surface area contributed by atoms with Crippen LogP contribution in [-0.4, -0.2) is 37.6 Å². The molecule has 1 atom stereocenters. The van der Waals surface area contributed by atoms with Crippen LogP contribution in [0.5, 0.6) is 0 Å². The van der Waals surface area contributed by atoms with Crippen LogP contribution in [0.1, 0.15) is 29.5 Å². The molecule has 5 heterocycles. The molecule has 1 fully saturated rings. The second kappa shape index (κ2) is 7.21. The summed E-state index contributed by atoms with van der Waals surface area (Å²) in [5.41, 5.74) is 3.19. The minimum atomic E-state index is 0.406. The Kier molecular flexibility index (Phi) is 4.43. The highest BCUT2D eigenvalue weighted by molar-refractivity contribution is 7.09. The molecule has 4 aromatic rings. The van der Waals surface area contributed by atoms with E-state index in [1.165, 1.54) is 11.3 Å². The van der Waals surface area contributed by atoms with Crippen molar-refractivity contribution in [1.29, 1.82) is 0 Å². The summed E-state index contributed by atoms with van der Waals surface area (Å²) >= 11 is 1.84. The van der Waals surface area contributed by atoms with Crippen molar-refractivity contribution in [1.82, 2.24) is 24.5 Å². The van der Waals surface area contributed by atoms with Crippen LogP contribution < -0.4 is 0 Å². The smallest absolute Gasteiger partial charge is 0.156 e. The Morgan fingerprint density at radius 1 is 1.07 bits per heavy atom. The number of rotatable bonds is 4. The van der Waals surface area contributed by atoms with Gasteiger partial charge in [0.05, 0.1) is 0 Å². The van der Waals surface area contributed by atoms with Gasteiger partial charge in [-0.05, 0) is 60.7 Å². The average molecular weight is 376 g/mol. The van der Waals surface area contributed by atoms with Gasteiger partial charge in [-0.15, -0.1) is 11.3 Å². The topological polar surface area (TPSA) is 46.3 Å². The maximum Gasteiger partial charge on any atom is 0.156 e. The van der Waals surface area contributed by atoms with E-state index in [1.807, 2.05) is 40.4 Å². The van der Waals surface area contributed by atoms with Crippen LogP contribution in [0.3, 0.4) is 0 Å². The largest absolute Gasteiger partial charge is 0.298 e. The zero-order chi connectivity index (χ0) is 18.1. The van der Waals surface area contributed by atoms with Crippen LogP contribution in [0, 0.1) is 0 Å². The van der Waals surface area contributed by atoms with E-state index in [9.17, 15) is 0 Å². The zero-order valence-corrected chi connectivity index (χ0v) is 15.8. The van der Waals surface area contributed by atoms with Gasteiger partial charge < -0.3 is 0 Å². The summed E-state index contributed by atoms with van der Waals surface area (Å²) in [4.78, 5) is 12.9. The normalized spacial score (nSPS) is 18.1. The van der Waals surface area contributed by atoms with Crippen molar-refractivity contribution in [2.45, 2.75) is 25.3 Å². The molecule has 0 radical (unpaired) electrons. The summed E-state index contributed by atoms with van der Waals surface area (Å²) in [5.74, 6) is 1.38. The fraction of sp³-hybridized carbons (Fsp3) is 0.286. The van der Waals surface area contributed by atoms with Gasteiger partial charge in [-0.3, -0.25) is 9.88 Å². The molecule has 1 aliphatic heterocycles. The van der Waals surface area contributed by atoms with Crippen LogP contribution in [0.4, 0.5) is 0 Å². The number of aromatic nitrogens is 4. The molecule has 5 nitrogen and oxygen atoms in total. The highest BCUT2D eigenvalue weighted by atomic mass is 32.1. The minimum Gasteiger partial charge on any atom is -0.298 e. The summed E-state index contributed by atoms with van der Waals surface area (Å²) in [7, 11) is 0. The van der Waals surface area contributed by atoms with Crippen molar-refractivity contribution >= 4 is 17.0 Å². The monoisotopic (exact) mass is 375 g/mol. The van der Waals surface area contributed by atoms with Gasteiger partial charge in [0, 0.05) is 48.0 Å². The Bertz CT molecular complexity index is 1030. The standard InChI is InChI=1S/C21H21N5S/c1-3-18(13-25(11-1)15-19-4-2-12-27-19)21-23-20-6-5-17(14-26(20)24-21)16-7-9-22-10-8-16/h2,4-10,12,14,18H,1,3,11,13,15H2/t18-/m0/s1. The van der Waals surface area contributed by atoms with Gasteiger partial charge in [0.1, 0.15) is 0 Å². The van der Waals surface area contributed by atoms with Gasteiger partial charge in [-0.2, -0.15) is 5.10 Å². The Morgan fingerprint density at radius 3 is 2.85 bits per heavy atom. The maximum atomic E-state index is 4.82. The van der Waals surface area contributed by atoms with E-state index >= 15 is 0 Å². The first-order valence-electron chi connectivity index (χ1n) is 9.36. The summed E-state index contributed by atoms with van der Waals surface area (Å²) in [5, 5.41) is 6.97. The molecule has 0 aromatic carbocycles. The van der Waals surface area contributed by atoms with Gasteiger partial charge in [-0.25, -0.2) is 9.50 Å². The number of thiophene rings is 1. The lowest BCUT2D eigenvalue weighted by atomic mass is 9.97. The SMILES string of the molecule is c1csc(CN2CCC[C@H](c3nc4ccc(-c5ccncc5)cn4n3)C2)c1. The molecule has 0 bridgehead atoms. The lowest BCUT2D eigenvalue weighted by molar-refractivity contribution is 0.198. The second-order valence-corrected chi connectivity index (χ2v) is 8.11. The van der Waals surface area contributed by atoms with Crippen molar-refractivity contribution in [2.24, 2.45) is 0 Å². The van der Waals surface area contributed by atoms with E-state index in [-0.39, 0.29) is 0 Å². The Balaban J connectivity index is 1.38. The third-order valence-electron chi connectivity index (χ3n) is 5.19. The minimum absolute atomic E-state index is 0.406. The molecule has 4 aromatic heterocycles. The maximum absolute atomic E-state index is 4.82. The average Bonchev–Trinajstić information content (AvgIpc) is 3.38. The zero-order valence-electron chi connectivity index (χ0n) is 15.0. The molecule has 1 aliphatic rings. The van der Waals surface area contributed by atoms with Crippen LogP contribution in [0.15, 0.2) is 60.4 Å². The fourth-order valence-electron chi connectivity index (χ4n) is 3.82. The summed E-state index contributed by atoms with van der Waals surface area (Å²) in [6.45, 7) is 3.23. The highest BCUT2D eigenvalue weighted by Crippen LogP contribution is 2.27. The molecular weight excluding hydrogens is 354 g/mol. The van der Waals surface area contributed by atoms with Crippen LogP contribution in [-0.2, 0) is 6.54 Å². The molecule has 0 aliphatic carbocycles. The Morgan fingerprint density at radius 2 is 2.00 bits per heavy atom. The first-order valence-corrected chi connectivity index (χ1v) is 10.2. The summed E-state index contributed by atoms with van der Waals surface area (Å²) < 4.78 is 1.92. The lowest BCUT2D eigenvalue weighted by Gasteiger charge is -2.30. The van der Waals surface area contributed by atoms with Crippen molar-refractivity contribution in [3.05, 3.63) is 71.1 Å². The number of piperidine rings is 1. The Hall–Kier alpha value is -2.57. The van der Waals surface area contributed by atoms with Gasteiger partial charge in [-0.1, -0.05) is 6.07 Å². The quantitative estimate of drug-likeness (QED) is 0.535. The number of fused-ring (bicyclic) bond motifs is 1. The highest BCUT2D eigenvalue weighted by Gasteiger charge is 2.25. The van der Waals surface area contributed by atoms with Crippen LogP contribution >= 0.6 is 11.3 Å². The lowest BCUT2D eigenvalue weighted by Crippen LogP contribution is -2.34. The molecule has 6 heteroatoms. The van der Waals surface area contributed by atoms with Crippen molar-refractivity contribution in [2.75, 3.05) is 13.1 Å². The predicted octanol–water partition coefficient (Wildman–Crippen LogP) is 4.23. The summed E-state index contributed by atoms with van der Waals surface area (Å²) in [6, 6.07) is 12.5. The molecule has 5 rings (SSSR count). The van der Waals surface area contributed by atoms with Gasteiger partial charge in [0.15, 0.2) is 11.5 Å². The molecule has 0 amide bonds. The summed E-state index contributed by atoms with van der Waals surface area (Å²) in [6.07, 6.45) is 8.06.